The summed E-state index contributed by atoms with van der Waals surface area (Å²) in [6.07, 6.45) is 0. The molecule has 3 rings (SSSR count). The van der Waals surface area contributed by atoms with Gasteiger partial charge >= 0.3 is 0 Å². The molecule has 0 N–H and O–H groups in total. The highest BCUT2D eigenvalue weighted by Crippen LogP contribution is 2.28. The van der Waals surface area contributed by atoms with Crippen LogP contribution in [-0.2, 0) is 12.3 Å². The van der Waals surface area contributed by atoms with E-state index in [2.05, 4.69) is 91.0 Å². The average Bonchev–Trinajstić information content (AvgIpc) is 3.04. The second-order valence-corrected chi connectivity index (χ2v) is 7.77. The Morgan fingerprint density at radius 2 is 1.84 bits per heavy atom. The van der Waals surface area contributed by atoms with Crippen molar-refractivity contribution in [3.05, 3.63) is 58.6 Å². The van der Waals surface area contributed by atoms with Gasteiger partial charge in [0.15, 0.2) is 11.0 Å². The number of hydrogen-bond acceptors (Lipinski definition) is 4. The Balaban J connectivity index is 1.83. The number of anilines is 1. The molecule has 0 amide bonds. The van der Waals surface area contributed by atoms with Gasteiger partial charge in [-0.1, -0.05) is 52.0 Å². The summed E-state index contributed by atoms with van der Waals surface area (Å²) in [4.78, 5) is 2.10. The highest BCUT2D eigenvalue weighted by atomic mass is 79.9. The van der Waals surface area contributed by atoms with E-state index in [1.165, 1.54) is 5.56 Å². The molecule has 1 aromatic heterocycles. The van der Waals surface area contributed by atoms with Gasteiger partial charge in [-0.25, -0.2) is 0 Å². The molecule has 0 atom stereocenters. The average molecular weight is 417 g/mol. The molecule has 0 unspecified atom stereocenters. The lowest BCUT2D eigenvalue weighted by molar-refractivity contribution is 0.687. The van der Waals surface area contributed by atoms with Gasteiger partial charge in [0.25, 0.3) is 0 Å². The van der Waals surface area contributed by atoms with Crippen LogP contribution >= 0.6 is 27.7 Å². The van der Waals surface area contributed by atoms with Crippen LogP contribution in [0.15, 0.2) is 58.2 Å². The van der Waals surface area contributed by atoms with Crippen molar-refractivity contribution in [3.8, 4) is 11.4 Å². The minimum atomic E-state index is 0.844. The lowest BCUT2D eigenvalue weighted by Gasteiger charge is -2.14. The summed E-state index contributed by atoms with van der Waals surface area (Å²) >= 11 is 5.19. The van der Waals surface area contributed by atoms with Crippen molar-refractivity contribution in [2.75, 3.05) is 19.0 Å². The Kier molecular flexibility index (Phi) is 5.81. The van der Waals surface area contributed by atoms with E-state index in [-0.39, 0.29) is 0 Å². The van der Waals surface area contributed by atoms with Crippen LogP contribution in [0.2, 0.25) is 0 Å². The first-order valence-corrected chi connectivity index (χ1v) is 9.94. The van der Waals surface area contributed by atoms with E-state index in [9.17, 15) is 0 Å². The van der Waals surface area contributed by atoms with Gasteiger partial charge in [0.1, 0.15) is 0 Å². The van der Waals surface area contributed by atoms with E-state index >= 15 is 0 Å². The second kappa shape index (κ2) is 8.06. The van der Waals surface area contributed by atoms with E-state index < -0.39 is 0 Å². The minimum absolute atomic E-state index is 0.844. The molecule has 0 saturated heterocycles. The molecule has 0 saturated carbocycles. The molecule has 0 aliphatic heterocycles. The van der Waals surface area contributed by atoms with Crippen molar-refractivity contribution in [2.24, 2.45) is 0 Å². The molecule has 130 valence electrons. The van der Waals surface area contributed by atoms with Gasteiger partial charge in [-0.3, -0.25) is 0 Å². The summed E-state index contributed by atoms with van der Waals surface area (Å²) < 4.78 is 3.28. The monoisotopic (exact) mass is 416 g/mol. The van der Waals surface area contributed by atoms with Gasteiger partial charge in [0.05, 0.1) is 0 Å². The van der Waals surface area contributed by atoms with Crippen LogP contribution < -0.4 is 4.90 Å². The fourth-order valence-corrected chi connectivity index (χ4v) is 3.77. The second-order valence-electron chi connectivity index (χ2n) is 5.91. The first kappa shape index (κ1) is 18.0. The Bertz CT molecular complexity index is 843. The van der Waals surface area contributed by atoms with Crippen LogP contribution in [0.25, 0.3) is 11.4 Å². The molecule has 0 radical (unpaired) electrons. The van der Waals surface area contributed by atoms with Crippen LogP contribution in [-0.4, -0.2) is 28.9 Å². The number of rotatable bonds is 6. The maximum Gasteiger partial charge on any atom is 0.191 e. The molecular weight excluding hydrogens is 396 g/mol. The summed E-state index contributed by atoms with van der Waals surface area (Å²) in [7, 11) is 4.09. The zero-order valence-corrected chi connectivity index (χ0v) is 17.0. The zero-order valence-electron chi connectivity index (χ0n) is 14.6. The molecule has 0 bridgehead atoms. The van der Waals surface area contributed by atoms with Crippen molar-refractivity contribution < 1.29 is 0 Å². The molecule has 0 aliphatic carbocycles. The molecule has 4 nitrogen and oxygen atoms in total. The SMILES string of the molecule is CCn1c(SCc2ccc(Br)cc2)nnc1-c1cccc(N(C)C)c1. The molecule has 3 aromatic rings. The summed E-state index contributed by atoms with van der Waals surface area (Å²) in [5, 5.41) is 9.83. The van der Waals surface area contributed by atoms with E-state index in [0.29, 0.717) is 0 Å². The van der Waals surface area contributed by atoms with E-state index in [0.717, 1.165) is 39.0 Å². The molecule has 6 heteroatoms. The molecular formula is C19H21BrN4S. The Labute approximate surface area is 161 Å². The molecule has 2 aromatic carbocycles. The maximum absolute atomic E-state index is 4.45. The third-order valence-corrected chi connectivity index (χ3v) is 5.50. The maximum atomic E-state index is 4.45. The topological polar surface area (TPSA) is 34.0 Å². The summed E-state index contributed by atoms with van der Waals surface area (Å²) in [5.74, 6) is 1.80. The van der Waals surface area contributed by atoms with Gasteiger partial charge in [0.2, 0.25) is 0 Å². The number of hydrogen-bond donors (Lipinski definition) is 0. The standard InChI is InChI=1S/C19H21BrN4S/c1-4-24-18(15-6-5-7-17(12-15)23(2)3)21-22-19(24)25-13-14-8-10-16(20)11-9-14/h5-12H,4,13H2,1-3H3. The van der Waals surface area contributed by atoms with Crippen molar-refractivity contribution in [1.82, 2.24) is 14.8 Å². The predicted molar refractivity (Wildman–Crippen MR) is 109 cm³/mol. The zero-order chi connectivity index (χ0) is 17.8. The number of aromatic nitrogens is 3. The van der Waals surface area contributed by atoms with Crippen LogP contribution in [0, 0.1) is 0 Å². The smallest absolute Gasteiger partial charge is 0.191 e. The normalized spacial score (nSPS) is 10.9. The number of benzene rings is 2. The first-order chi connectivity index (χ1) is 12.1. The fourth-order valence-electron chi connectivity index (χ4n) is 2.55. The summed E-state index contributed by atoms with van der Waals surface area (Å²) in [6.45, 7) is 2.98. The van der Waals surface area contributed by atoms with E-state index in [1.807, 2.05) is 14.1 Å². The fraction of sp³-hybridized carbons (Fsp3) is 0.263. The van der Waals surface area contributed by atoms with Crippen molar-refractivity contribution in [2.45, 2.75) is 24.4 Å². The van der Waals surface area contributed by atoms with Crippen LogP contribution in [0.5, 0.6) is 0 Å². The number of halogens is 1. The summed E-state index contributed by atoms with van der Waals surface area (Å²) in [6, 6.07) is 16.8. The third-order valence-electron chi connectivity index (χ3n) is 3.94. The molecule has 0 fully saturated rings. The third kappa shape index (κ3) is 4.25. The van der Waals surface area contributed by atoms with Gasteiger partial charge in [0, 0.05) is 42.1 Å². The van der Waals surface area contributed by atoms with Crippen LogP contribution in [0.1, 0.15) is 12.5 Å². The van der Waals surface area contributed by atoms with E-state index in [4.69, 9.17) is 0 Å². The highest BCUT2D eigenvalue weighted by molar-refractivity contribution is 9.10. The number of nitrogens with zero attached hydrogens (tertiary/aromatic N) is 4. The molecule has 0 aliphatic rings. The minimum Gasteiger partial charge on any atom is -0.378 e. The summed E-state index contributed by atoms with van der Waals surface area (Å²) in [5.41, 5.74) is 3.53. The molecule has 1 heterocycles. The molecule has 0 spiro atoms. The Morgan fingerprint density at radius 1 is 1.08 bits per heavy atom. The van der Waals surface area contributed by atoms with E-state index in [1.54, 1.807) is 11.8 Å². The van der Waals surface area contributed by atoms with Gasteiger partial charge in [-0.2, -0.15) is 0 Å². The molecule has 25 heavy (non-hydrogen) atoms. The first-order valence-electron chi connectivity index (χ1n) is 8.16. The lowest BCUT2D eigenvalue weighted by atomic mass is 10.2. The van der Waals surface area contributed by atoms with Gasteiger partial charge in [-0.15, -0.1) is 10.2 Å². The van der Waals surface area contributed by atoms with Crippen molar-refractivity contribution in [3.63, 3.8) is 0 Å². The van der Waals surface area contributed by atoms with Gasteiger partial charge in [-0.05, 0) is 36.8 Å². The van der Waals surface area contributed by atoms with Crippen LogP contribution in [0.4, 0.5) is 5.69 Å². The Hall–Kier alpha value is -1.79. The predicted octanol–water partition coefficient (Wildman–Crippen LogP) is 5.09. The quantitative estimate of drug-likeness (QED) is 0.524. The Morgan fingerprint density at radius 3 is 2.52 bits per heavy atom. The van der Waals surface area contributed by atoms with Gasteiger partial charge < -0.3 is 9.47 Å². The van der Waals surface area contributed by atoms with Crippen LogP contribution in [0.3, 0.4) is 0 Å². The van der Waals surface area contributed by atoms with Crippen molar-refractivity contribution in [1.29, 1.82) is 0 Å². The lowest BCUT2D eigenvalue weighted by Crippen LogP contribution is -2.08. The largest absolute Gasteiger partial charge is 0.378 e. The van der Waals surface area contributed by atoms with Crippen molar-refractivity contribution >= 4 is 33.4 Å². The highest BCUT2D eigenvalue weighted by Gasteiger charge is 2.14. The number of thioether (sulfide) groups is 1.